The highest BCUT2D eigenvalue weighted by atomic mass is 35.5. The fourth-order valence-electron chi connectivity index (χ4n) is 7.93. The van der Waals surface area contributed by atoms with E-state index in [4.69, 9.17) is 16.3 Å². The van der Waals surface area contributed by atoms with Crippen LogP contribution in [0.4, 0.5) is 11.4 Å². The van der Waals surface area contributed by atoms with Crippen molar-refractivity contribution in [2.24, 2.45) is 11.8 Å². The van der Waals surface area contributed by atoms with Gasteiger partial charge < -0.3 is 24.5 Å². The smallest absolute Gasteiger partial charge is 0.251 e. The maximum Gasteiger partial charge on any atom is 0.251 e. The van der Waals surface area contributed by atoms with Crippen molar-refractivity contribution in [3.63, 3.8) is 0 Å². The first kappa shape index (κ1) is 35.0. The van der Waals surface area contributed by atoms with E-state index < -0.39 is 27.4 Å². The summed E-state index contributed by atoms with van der Waals surface area (Å²) in [6.45, 7) is 15.2. The molecule has 2 aromatic rings. The molecule has 10 heteroatoms. The lowest BCUT2D eigenvalue weighted by atomic mass is 9.66. The second-order valence-electron chi connectivity index (χ2n) is 12.9. The number of carbonyl (C=O) groups is 3. The lowest BCUT2D eigenvalue weighted by molar-refractivity contribution is -0.139. The van der Waals surface area contributed by atoms with E-state index in [0.29, 0.717) is 61.0 Å². The summed E-state index contributed by atoms with van der Waals surface area (Å²) in [6, 6.07) is 12.2. The van der Waals surface area contributed by atoms with Crippen molar-refractivity contribution in [3.05, 3.63) is 78.4 Å². The minimum atomic E-state index is -0.785. The molecule has 3 heterocycles. The monoisotopic (exact) mass is 679 g/mol. The molecule has 47 heavy (non-hydrogen) atoms. The summed E-state index contributed by atoms with van der Waals surface area (Å²) >= 11 is 8.37. The molecule has 3 aliphatic rings. The Balaban J connectivity index is 1.57. The van der Waals surface area contributed by atoms with Gasteiger partial charge in [0, 0.05) is 36.7 Å². The molecule has 3 fully saturated rings. The molecule has 2 bridgehead atoms. The molecule has 8 nitrogen and oxygen atoms in total. The molecule has 2 aromatic carbocycles. The van der Waals surface area contributed by atoms with E-state index in [0.717, 1.165) is 12.0 Å². The number of hydrogen-bond donors (Lipinski definition) is 1. The van der Waals surface area contributed by atoms with Gasteiger partial charge in [0.25, 0.3) is 5.91 Å². The summed E-state index contributed by atoms with van der Waals surface area (Å²) in [7, 11) is 0. The Morgan fingerprint density at radius 1 is 1.06 bits per heavy atom. The summed E-state index contributed by atoms with van der Waals surface area (Å²) in [6.07, 6.45) is 6.70. The maximum absolute atomic E-state index is 15.0. The van der Waals surface area contributed by atoms with Gasteiger partial charge in [-0.15, -0.1) is 24.9 Å². The van der Waals surface area contributed by atoms with Crippen molar-refractivity contribution >= 4 is 52.5 Å². The Hall–Kier alpha value is -3.27. The zero-order valence-corrected chi connectivity index (χ0v) is 29.2. The molecule has 1 spiro atoms. The van der Waals surface area contributed by atoms with E-state index in [9.17, 15) is 19.5 Å². The number of benzene rings is 2. The third-order valence-corrected chi connectivity index (χ3v) is 12.2. The van der Waals surface area contributed by atoms with Crippen LogP contribution in [0.2, 0.25) is 5.02 Å². The van der Waals surface area contributed by atoms with Crippen LogP contribution in [0, 0.1) is 18.8 Å². The third kappa shape index (κ3) is 6.22. The number of likely N-dealkylation sites (tertiary alicyclic amines) is 1. The first-order chi connectivity index (χ1) is 22.6. The van der Waals surface area contributed by atoms with Gasteiger partial charge >= 0.3 is 0 Å². The molecule has 252 valence electrons. The van der Waals surface area contributed by atoms with Crippen LogP contribution < -0.4 is 14.5 Å². The zero-order chi connectivity index (χ0) is 33.9. The van der Waals surface area contributed by atoms with Gasteiger partial charge in [-0.1, -0.05) is 35.9 Å². The van der Waals surface area contributed by atoms with Crippen molar-refractivity contribution in [2.45, 2.75) is 68.4 Å². The molecular weight excluding hydrogens is 634 g/mol. The number of aryl methyl sites for hydroxylation is 1. The van der Waals surface area contributed by atoms with E-state index in [1.807, 2.05) is 50.2 Å². The molecule has 5 atom stereocenters. The van der Waals surface area contributed by atoms with Crippen molar-refractivity contribution in [2.75, 3.05) is 42.6 Å². The Morgan fingerprint density at radius 2 is 1.77 bits per heavy atom. The van der Waals surface area contributed by atoms with Gasteiger partial charge in [-0.25, -0.2) is 0 Å². The Bertz CT molecular complexity index is 1500. The van der Waals surface area contributed by atoms with Crippen LogP contribution in [0.3, 0.4) is 0 Å². The van der Waals surface area contributed by atoms with E-state index in [-0.39, 0.29) is 37.4 Å². The van der Waals surface area contributed by atoms with Gasteiger partial charge in [-0.3, -0.25) is 14.4 Å². The fraction of sp³-hybridized carbons (Fsp3) is 0.486. The molecule has 1 N–H and O–H groups in total. The van der Waals surface area contributed by atoms with E-state index in [2.05, 4.69) is 20.1 Å². The number of rotatable bonds is 15. The second kappa shape index (κ2) is 14.5. The molecule has 0 radical (unpaired) electrons. The van der Waals surface area contributed by atoms with Gasteiger partial charge in [0.05, 0.1) is 33.9 Å². The molecule has 0 saturated carbocycles. The molecule has 0 aromatic heterocycles. The highest BCUT2D eigenvalue weighted by molar-refractivity contribution is 8.02. The molecule has 0 aliphatic carbocycles. The second-order valence-corrected chi connectivity index (χ2v) is 15.2. The van der Waals surface area contributed by atoms with Crippen LogP contribution in [-0.4, -0.2) is 76.1 Å². The number of aliphatic hydroxyl groups excluding tert-OH is 1. The molecule has 3 aliphatic heterocycles. The Labute approximate surface area is 287 Å². The molecule has 5 rings (SSSR count). The summed E-state index contributed by atoms with van der Waals surface area (Å²) < 4.78 is 4.30. The Kier molecular flexibility index (Phi) is 10.8. The van der Waals surface area contributed by atoms with Crippen LogP contribution in [-0.2, 0) is 14.4 Å². The quantitative estimate of drug-likeness (QED) is 0.172. The topological polar surface area (TPSA) is 90.4 Å². The third-order valence-electron chi connectivity index (χ3n) is 9.91. The predicted molar refractivity (Wildman–Crippen MR) is 190 cm³/mol. The number of carbonyl (C=O) groups excluding carboxylic acids is 3. The lowest BCUT2D eigenvalue weighted by Crippen LogP contribution is -2.55. The van der Waals surface area contributed by atoms with Crippen molar-refractivity contribution in [1.29, 1.82) is 0 Å². The average Bonchev–Trinajstić information content (AvgIpc) is 3.62. The number of hydrogen-bond acceptors (Lipinski definition) is 6. The minimum absolute atomic E-state index is 0.0667. The van der Waals surface area contributed by atoms with Gasteiger partial charge in [0.2, 0.25) is 11.8 Å². The number of halogens is 1. The average molecular weight is 680 g/mol. The number of amides is 3. The van der Waals surface area contributed by atoms with Crippen LogP contribution in [0.5, 0.6) is 5.75 Å². The maximum atomic E-state index is 15.0. The summed E-state index contributed by atoms with van der Waals surface area (Å²) in [4.78, 5) is 49.6. The first-order valence-electron chi connectivity index (χ1n) is 16.5. The SMILES string of the molecule is C=CCN(C(=O)[C@@H]1[C@H]2C(=O)N(CCCCCO)C(C(=O)N(CC=C)c3c(C)cccc3Cl)C23CC[C@@]1(C)S3)c1ccc(OCC)cc1. The number of anilines is 2. The van der Waals surface area contributed by atoms with Crippen LogP contribution in [0.25, 0.3) is 0 Å². The number of ether oxygens (including phenoxy) is 1. The normalized spacial score (nSPS) is 25.9. The number of thioether (sulfide) groups is 1. The van der Waals surface area contributed by atoms with Crippen LogP contribution >= 0.6 is 23.4 Å². The van der Waals surface area contributed by atoms with Gasteiger partial charge in [-0.05, 0) is 88.8 Å². The van der Waals surface area contributed by atoms with Crippen molar-refractivity contribution in [3.8, 4) is 5.75 Å². The number of fused-ring (bicyclic) bond motifs is 1. The standard InChI is InChI=1S/C37H46ClN3O5S/c1-6-21-39(26-15-17-27(18-16-26)46-8-3)33(43)29-30-34(44)41(23-10-9-11-24-42)32(37(30)20-19-36(29,5)47-37)35(45)40(22-7-2)31-25(4)13-12-14-28(31)38/h6-7,12-18,29-30,32,42H,1-2,8-11,19-24H2,3-5H3/t29-,30-,32?,36+,37?/m0/s1. The van der Waals surface area contributed by atoms with Gasteiger partial charge in [0.15, 0.2) is 0 Å². The largest absolute Gasteiger partial charge is 0.494 e. The van der Waals surface area contributed by atoms with Crippen LogP contribution in [0.15, 0.2) is 67.8 Å². The molecule has 2 unspecified atom stereocenters. The molecule has 3 amide bonds. The Morgan fingerprint density at radius 3 is 2.40 bits per heavy atom. The predicted octanol–water partition coefficient (Wildman–Crippen LogP) is 6.43. The summed E-state index contributed by atoms with van der Waals surface area (Å²) in [5, 5.41) is 9.86. The van der Waals surface area contributed by atoms with Gasteiger partial charge in [-0.2, -0.15) is 0 Å². The lowest BCUT2D eigenvalue weighted by Gasteiger charge is -2.38. The molecule has 3 saturated heterocycles. The summed E-state index contributed by atoms with van der Waals surface area (Å²) in [5.41, 5.74) is 2.16. The number of aliphatic hydroxyl groups is 1. The number of para-hydroxylation sites is 1. The minimum Gasteiger partial charge on any atom is -0.494 e. The fourth-order valence-corrected chi connectivity index (χ4v) is 10.6. The molecular formula is C37H46ClN3O5S. The van der Waals surface area contributed by atoms with E-state index >= 15 is 0 Å². The van der Waals surface area contributed by atoms with Crippen molar-refractivity contribution in [1.82, 2.24) is 4.90 Å². The highest BCUT2D eigenvalue weighted by Crippen LogP contribution is 2.71. The number of unbranched alkanes of at least 4 members (excludes halogenated alkanes) is 2. The van der Waals surface area contributed by atoms with Crippen molar-refractivity contribution < 1.29 is 24.2 Å². The summed E-state index contributed by atoms with van der Waals surface area (Å²) in [5.74, 6) is -1.08. The van der Waals surface area contributed by atoms with Crippen LogP contribution in [0.1, 0.15) is 51.5 Å². The number of nitrogens with zero attached hydrogens (tertiary/aromatic N) is 3. The van der Waals surface area contributed by atoms with Gasteiger partial charge in [0.1, 0.15) is 11.8 Å². The zero-order valence-electron chi connectivity index (χ0n) is 27.6. The highest BCUT2D eigenvalue weighted by Gasteiger charge is 2.77. The van der Waals surface area contributed by atoms with E-state index in [1.54, 1.807) is 44.7 Å². The first-order valence-corrected chi connectivity index (χ1v) is 17.7. The van der Waals surface area contributed by atoms with E-state index in [1.165, 1.54) is 0 Å².